The van der Waals surface area contributed by atoms with E-state index in [-0.39, 0.29) is 0 Å². The van der Waals surface area contributed by atoms with E-state index in [1.807, 2.05) is 24.3 Å². The molecule has 0 bridgehead atoms. The number of benzene rings is 4. The van der Waals surface area contributed by atoms with Gasteiger partial charge in [0.15, 0.2) is 0 Å². The number of rotatable bonds is 16. The van der Waals surface area contributed by atoms with Crippen LogP contribution in [0.25, 0.3) is 0 Å². The molecule has 4 aromatic carbocycles. The first kappa shape index (κ1) is 30.4. The first-order valence-electron chi connectivity index (χ1n) is 15.9. The molecule has 2 nitrogen and oxygen atoms in total. The highest BCUT2D eigenvalue weighted by Crippen LogP contribution is 2.21. The van der Waals surface area contributed by atoms with Crippen LogP contribution >= 0.6 is 0 Å². The lowest BCUT2D eigenvalue weighted by molar-refractivity contribution is 0.578. The lowest BCUT2D eigenvalue weighted by Gasteiger charge is -2.12. The molecule has 0 atom stereocenters. The van der Waals surface area contributed by atoms with E-state index in [9.17, 15) is 0 Å². The Hall–Kier alpha value is -3.52. The molecule has 0 aromatic heterocycles. The zero-order chi connectivity index (χ0) is 28.9. The molecule has 4 aromatic rings. The lowest BCUT2D eigenvalue weighted by Crippen LogP contribution is -1.97. The van der Waals surface area contributed by atoms with Crippen LogP contribution in [0.5, 0.6) is 0 Å². The van der Waals surface area contributed by atoms with Gasteiger partial charge in [0.25, 0.3) is 0 Å². The largest absolute Gasteiger partial charge is 0.399 e. The van der Waals surface area contributed by atoms with E-state index in [2.05, 4.69) is 74.5 Å². The third kappa shape index (κ3) is 9.81. The summed E-state index contributed by atoms with van der Waals surface area (Å²) in [6.45, 7) is 4.57. The fourth-order valence-electron chi connectivity index (χ4n) is 5.98. The van der Waals surface area contributed by atoms with Crippen LogP contribution in [0.1, 0.15) is 103 Å². The molecule has 0 aliphatic rings. The maximum Gasteiger partial charge on any atom is 0.0314 e. The number of nitrogen functional groups attached to an aromatic ring is 2. The summed E-state index contributed by atoms with van der Waals surface area (Å²) >= 11 is 0. The van der Waals surface area contributed by atoms with Crippen LogP contribution in [-0.2, 0) is 38.5 Å². The standard InChI is InChI=1S/C39H50N2/c1-3-34-28-32(26-30-16-22-38(40)23-17-30)14-20-36(34)12-10-8-6-5-7-9-11-13-37-21-15-33(29-35(37)4-2)27-31-18-24-39(41)25-19-31/h14-25,28-29H,3-13,26-27,40-41H2,1-2H3. The Kier molecular flexibility index (Phi) is 11.9. The van der Waals surface area contributed by atoms with Gasteiger partial charge in [0.05, 0.1) is 0 Å². The van der Waals surface area contributed by atoms with Crippen molar-refractivity contribution in [2.75, 3.05) is 11.5 Å². The molecule has 4 rings (SSSR count). The van der Waals surface area contributed by atoms with Gasteiger partial charge in [-0.2, -0.15) is 0 Å². The summed E-state index contributed by atoms with van der Waals surface area (Å²) in [6.07, 6.45) is 15.9. The second kappa shape index (κ2) is 16.1. The number of anilines is 2. The van der Waals surface area contributed by atoms with Gasteiger partial charge in [-0.1, -0.05) is 107 Å². The zero-order valence-electron chi connectivity index (χ0n) is 25.4. The minimum Gasteiger partial charge on any atom is -0.399 e. The normalized spacial score (nSPS) is 11.2. The highest BCUT2D eigenvalue weighted by Gasteiger charge is 2.06. The van der Waals surface area contributed by atoms with Gasteiger partial charge >= 0.3 is 0 Å². The average Bonchev–Trinajstić information content (AvgIpc) is 2.99. The summed E-state index contributed by atoms with van der Waals surface area (Å²) in [5.41, 5.74) is 24.9. The highest BCUT2D eigenvalue weighted by molar-refractivity contribution is 5.43. The molecule has 0 aliphatic carbocycles. The summed E-state index contributed by atoms with van der Waals surface area (Å²) in [4.78, 5) is 0. The van der Waals surface area contributed by atoms with Crippen molar-refractivity contribution >= 4 is 11.4 Å². The van der Waals surface area contributed by atoms with Gasteiger partial charge in [0.2, 0.25) is 0 Å². The van der Waals surface area contributed by atoms with Gasteiger partial charge < -0.3 is 11.5 Å². The van der Waals surface area contributed by atoms with Crippen molar-refractivity contribution in [2.24, 2.45) is 0 Å². The monoisotopic (exact) mass is 546 g/mol. The SMILES string of the molecule is CCc1cc(Cc2ccc(N)cc2)ccc1CCCCCCCCCc1ccc(Cc2ccc(N)cc2)cc1CC. The molecule has 0 radical (unpaired) electrons. The van der Waals surface area contributed by atoms with Crippen LogP contribution < -0.4 is 11.5 Å². The Morgan fingerprint density at radius 1 is 0.390 bits per heavy atom. The lowest BCUT2D eigenvalue weighted by atomic mass is 9.94. The van der Waals surface area contributed by atoms with E-state index < -0.39 is 0 Å². The van der Waals surface area contributed by atoms with Crippen molar-refractivity contribution in [1.29, 1.82) is 0 Å². The quantitative estimate of drug-likeness (QED) is 0.109. The fourth-order valence-corrected chi connectivity index (χ4v) is 5.98. The van der Waals surface area contributed by atoms with Gasteiger partial charge in [-0.25, -0.2) is 0 Å². The van der Waals surface area contributed by atoms with Crippen molar-refractivity contribution in [3.05, 3.63) is 129 Å². The van der Waals surface area contributed by atoms with E-state index in [0.717, 1.165) is 37.1 Å². The zero-order valence-corrected chi connectivity index (χ0v) is 25.4. The van der Waals surface area contributed by atoms with E-state index >= 15 is 0 Å². The van der Waals surface area contributed by atoms with E-state index in [0.29, 0.717) is 0 Å². The minimum atomic E-state index is 0.830. The second-order valence-electron chi connectivity index (χ2n) is 11.7. The van der Waals surface area contributed by atoms with Gasteiger partial charge in [-0.15, -0.1) is 0 Å². The van der Waals surface area contributed by atoms with Crippen LogP contribution in [0.4, 0.5) is 11.4 Å². The van der Waals surface area contributed by atoms with Crippen LogP contribution in [0, 0.1) is 0 Å². The fraction of sp³-hybridized carbons (Fsp3) is 0.385. The molecule has 0 amide bonds. The minimum absolute atomic E-state index is 0.830. The smallest absolute Gasteiger partial charge is 0.0314 e. The summed E-state index contributed by atoms with van der Waals surface area (Å²) in [5.74, 6) is 0. The first-order valence-corrected chi connectivity index (χ1v) is 15.9. The number of nitrogens with two attached hydrogens (primary N) is 2. The Balaban J connectivity index is 1.11. The molecule has 0 spiro atoms. The van der Waals surface area contributed by atoms with Crippen molar-refractivity contribution in [1.82, 2.24) is 0 Å². The van der Waals surface area contributed by atoms with Crippen LogP contribution in [0.2, 0.25) is 0 Å². The van der Waals surface area contributed by atoms with E-state index in [1.165, 1.54) is 91.2 Å². The molecular formula is C39H50N2. The predicted molar refractivity (Wildman–Crippen MR) is 179 cm³/mol. The average molecular weight is 547 g/mol. The van der Waals surface area contributed by atoms with Gasteiger partial charge in [-0.3, -0.25) is 0 Å². The molecular weight excluding hydrogens is 496 g/mol. The topological polar surface area (TPSA) is 52.0 Å². The summed E-state index contributed by atoms with van der Waals surface area (Å²) in [6, 6.07) is 30.8. The molecule has 2 heteroatoms. The third-order valence-electron chi connectivity index (χ3n) is 8.47. The maximum absolute atomic E-state index is 5.84. The van der Waals surface area contributed by atoms with Gasteiger partial charge in [-0.05, 0) is 120 Å². The molecule has 0 unspecified atom stereocenters. The Labute approximate surface area is 249 Å². The first-order chi connectivity index (χ1) is 20.0. The van der Waals surface area contributed by atoms with Crippen molar-refractivity contribution < 1.29 is 0 Å². The molecule has 0 fully saturated rings. The Morgan fingerprint density at radius 2 is 0.732 bits per heavy atom. The van der Waals surface area contributed by atoms with Crippen molar-refractivity contribution in [3.8, 4) is 0 Å². The highest BCUT2D eigenvalue weighted by atomic mass is 14.5. The number of aryl methyl sites for hydroxylation is 4. The molecule has 0 saturated carbocycles. The van der Waals surface area contributed by atoms with Crippen LogP contribution in [0.3, 0.4) is 0 Å². The van der Waals surface area contributed by atoms with Crippen LogP contribution in [-0.4, -0.2) is 0 Å². The summed E-state index contributed by atoms with van der Waals surface area (Å²) < 4.78 is 0. The number of hydrogen-bond donors (Lipinski definition) is 2. The Bertz CT molecular complexity index is 1230. The van der Waals surface area contributed by atoms with Gasteiger partial charge in [0, 0.05) is 11.4 Å². The molecule has 0 heterocycles. The second-order valence-corrected chi connectivity index (χ2v) is 11.7. The molecule has 216 valence electrons. The van der Waals surface area contributed by atoms with E-state index in [1.54, 1.807) is 11.1 Å². The van der Waals surface area contributed by atoms with E-state index in [4.69, 9.17) is 11.5 Å². The number of unbranched alkanes of at least 4 members (excludes halogenated alkanes) is 6. The molecule has 0 saturated heterocycles. The van der Waals surface area contributed by atoms with Crippen molar-refractivity contribution in [2.45, 2.75) is 97.3 Å². The third-order valence-corrected chi connectivity index (χ3v) is 8.47. The Morgan fingerprint density at radius 3 is 1.10 bits per heavy atom. The van der Waals surface area contributed by atoms with Gasteiger partial charge in [0.1, 0.15) is 0 Å². The predicted octanol–water partition coefficient (Wildman–Crippen LogP) is 9.67. The van der Waals surface area contributed by atoms with Crippen LogP contribution in [0.15, 0.2) is 84.9 Å². The number of hydrogen-bond acceptors (Lipinski definition) is 2. The molecule has 41 heavy (non-hydrogen) atoms. The van der Waals surface area contributed by atoms with Crippen molar-refractivity contribution in [3.63, 3.8) is 0 Å². The maximum atomic E-state index is 5.84. The molecule has 0 aliphatic heterocycles. The molecule has 4 N–H and O–H groups in total. The summed E-state index contributed by atoms with van der Waals surface area (Å²) in [7, 11) is 0. The summed E-state index contributed by atoms with van der Waals surface area (Å²) in [5, 5.41) is 0.